The smallest absolute Gasteiger partial charge is 0.306 e. The van der Waals surface area contributed by atoms with E-state index in [4.69, 9.17) is 4.99 Å². The molecule has 1 saturated carbocycles. The number of aliphatic hydroxyl groups is 1. The molecule has 2 heterocycles. The Hall–Kier alpha value is -2.27. The molecule has 1 atom stereocenters. The minimum Gasteiger partial charge on any atom is -0.396 e. The molecular formula is C20H25N4O+. The quantitative estimate of drug-likeness (QED) is 0.832. The van der Waals surface area contributed by atoms with Crippen LogP contribution in [0.1, 0.15) is 36.8 Å². The molecule has 2 aliphatic heterocycles. The maximum absolute atomic E-state index is 9.28. The zero-order valence-corrected chi connectivity index (χ0v) is 14.6. The molecule has 3 aliphatic rings. The van der Waals surface area contributed by atoms with E-state index in [1.54, 1.807) is 0 Å². The van der Waals surface area contributed by atoms with Crippen molar-refractivity contribution >= 4 is 11.4 Å². The Balaban J connectivity index is 1.47. The zero-order chi connectivity index (χ0) is 17.2. The van der Waals surface area contributed by atoms with Crippen LogP contribution in [0.25, 0.3) is 5.57 Å². The Labute approximate surface area is 148 Å². The van der Waals surface area contributed by atoms with Crippen LogP contribution in [-0.4, -0.2) is 34.5 Å². The van der Waals surface area contributed by atoms with Crippen molar-refractivity contribution in [1.82, 2.24) is 5.32 Å². The summed E-state index contributed by atoms with van der Waals surface area (Å²) in [5.74, 6) is 1.41. The minimum absolute atomic E-state index is 0.0805. The summed E-state index contributed by atoms with van der Waals surface area (Å²) in [6.45, 7) is 2.42. The molecule has 0 spiro atoms. The molecule has 0 aromatic heterocycles. The first kappa shape index (κ1) is 16.2. The van der Waals surface area contributed by atoms with Gasteiger partial charge in [-0.05, 0) is 49.2 Å². The van der Waals surface area contributed by atoms with Crippen molar-refractivity contribution in [2.24, 2.45) is 16.0 Å². The first-order chi connectivity index (χ1) is 12.2. The van der Waals surface area contributed by atoms with Crippen LogP contribution in [-0.2, 0) is 0 Å². The summed E-state index contributed by atoms with van der Waals surface area (Å²) in [6, 6.07) is 8.93. The van der Waals surface area contributed by atoms with Crippen LogP contribution in [0.3, 0.4) is 0 Å². The molecule has 1 aromatic carbocycles. The van der Waals surface area contributed by atoms with Gasteiger partial charge in [0.1, 0.15) is 12.0 Å². The van der Waals surface area contributed by atoms with Crippen LogP contribution in [0.2, 0.25) is 0 Å². The van der Waals surface area contributed by atoms with Gasteiger partial charge in [-0.1, -0.05) is 34.5 Å². The summed E-state index contributed by atoms with van der Waals surface area (Å²) in [4.78, 5) is 4.90. The molecule has 1 fully saturated rings. The summed E-state index contributed by atoms with van der Waals surface area (Å²) in [5.41, 5.74) is 3.56. The fraction of sp³-hybridized carbons (Fsp3) is 0.450. The average molecular weight is 337 g/mol. The van der Waals surface area contributed by atoms with Gasteiger partial charge < -0.3 is 10.4 Å². The number of aliphatic hydroxyl groups excluding tert-OH is 1. The Morgan fingerprint density at radius 1 is 1.24 bits per heavy atom. The summed E-state index contributed by atoms with van der Waals surface area (Å²) in [5, 5.41) is 17.3. The highest BCUT2D eigenvalue weighted by atomic mass is 16.3. The van der Waals surface area contributed by atoms with E-state index in [2.05, 4.69) is 41.6 Å². The first-order valence-corrected chi connectivity index (χ1v) is 9.12. The van der Waals surface area contributed by atoms with Crippen molar-refractivity contribution in [3.05, 3.63) is 53.9 Å². The molecule has 4 rings (SSSR count). The molecule has 1 aliphatic carbocycles. The van der Waals surface area contributed by atoms with Crippen LogP contribution < -0.4 is 5.32 Å². The second-order valence-corrected chi connectivity index (χ2v) is 7.20. The van der Waals surface area contributed by atoms with Gasteiger partial charge in [-0.2, -0.15) is 4.99 Å². The number of amidine groups is 1. The van der Waals surface area contributed by atoms with Crippen LogP contribution in [0.15, 0.2) is 52.8 Å². The number of aryl methyl sites for hydroxylation is 1. The second-order valence-electron chi connectivity index (χ2n) is 7.20. The molecule has 1 unspecified atom stereocenters. The van der Waals surface area contributed by atoms with Crippen molar-refractivity contribution in [3.8, 4) is 0 Å². The van der Waals surface area contributed by atoms with E-state index in [1.807, 2.05) is 23.2 Å². The maximum Gasteiger partial charge on any atom is 0.306 e. The Morgan fingerprint density at radius 2 is 2.08 bits per heavy atom. The number of azo groups is 2. The highest BCUT2D eigenvalue weighted by molar-refractivity contribution is 5.94. The topological polar surface area (TPSA) is 60.0 Å². The summed E-state index contributed by atoms with van der Waals surface area (Å²) < 4.78 is 1.91. The average Bonchev–Trinajstić information content (AvgIpc) is 3.06. The molecule has 0 radical (unpaired) electrons. The highest BCUT2D eigenvalue weighted by Gasteiger charge is 2.34. The molecule has 5 heteroatoms. The van der Waals surface area contributed by atoms with Crippen LogP contribution in [0.5, 0.6) is 0 Å². The number of aliphatic imine (C=N–C) groups is 1. The van der Waals surface area contributed by atoms with Gasteiger partial charge in [0.15, 0.2) is 0 Å². The van der Waals surface area contributed by atoms with Gasteiger partial charge in [0, 0.05) is 18.7 Å². The monoisotopic (exact) mass is 337 g/mol. The molecule has 1 aromatic rings. The summed E-state index contributed by atoms with van der Waals surface area (Å²) >= 11 is 0. The van der Waals surface area contributed by atoms with E-state index in [1.165, 1.54) is 11.1 Å². The number of benzene rings is 1. The largest absolute Gasteiger partial charge is 0.396 e. The molecule has 130 valence electrons. The third-order valence-electron chi connectivity index (χ3n) is 5.31. The number of hydrogen-bond donors (Lipinski definition) is 2. The van der Waals surface area contributed by atoms with E-state index in [0.717, 1.165) is 37.1 Å². The van der Waals surface area contributed by atoms with Crippen LogP contribution in [0, 0.1) is 12.8 Å². The van der Waals surface area contributed by atoms with Crippen molar-refractivity contribution in [2.75, 3.05) is 6.61 Å². The lowest BCUT2D eigenvalue weighted by Gasteiger charge is -2.28. The van der Waals surface area contributed by atoms with Gasteiger partial charge in [0.05, 0.1) is 5.57 Å². The Bertz CT molecular complexity index is 770. The predicted molar refractivity (Wildman–Crippen MR) is 98.2 cm³/mol. The number of nitrogens with zero attached hydrogens (tertiary/aromatic N) is 3. The molecule has 5 nitrogen and oxygen atoms in total. The Kier molecular flexibility index (Phi) is 4.49. The van der Waals surface area contributed by atoms with E-state index < -0.39 is 0 Å². The standard InChI is InChI=1S/C20H25N4O/c1-14-3-2-4-16(11-14)18-12-21-24-10-9-19(23-20(18)24)22-17-7-5-15(13-25)6-8-17/h2-4,9-12,15,17,20,25H,5-8,13H2,1H3,(H,22,23)/q+1. The van der Waals surface area contributed by atoms with E-state index in [9.17, 15) is 5.11 Å². The van der Waals surface area contributed by atoms with Gasteiger partial charge in [-0.3, -0.25) is 0 Å². The maximum atomic E-state index is 9.28. The number of nitrogens with one attached hydrogen (secondary N) is 1. The van der Waals surface area contributed by atoms with Crippen molar-refractivity contribution in [2.45, 2.75) is 44.8 Å². The van der Waals surface area contributed by atoms with Gasteiger partial charge in [0.2, 0.25) is 6.20 Å². The third-order valence-corrected chi connectivity index (χ3v) is 5.31. The first-order valence-electron chi connectivity index (χ1n) is 9.12. The lowest BCUT2D eigenvalue weighted by atomic mass is 9.86. The molecule has 0 saturated heterocycles. The van der Waals surface area contributed by atoms with Crippen molar-refractivity contribution < 1.29 is 9.80 Å². The van der Waals surface area contributed by atoms with Crippen molar-refractivity contribution in [1.29, 1.82) is 0 Å². The van der Waals surface area contributed by atoms with Crippen LogP contribution in [0.4, 0.5) is 0 Å². The van der Waals surface area contributed by atoms with Gasteiger partial charge in [-0.25, -0.2) is 0 Å². The highest BCUT2D eigenvalue weighted by Crippen LogP contribution is 2.29. The van der Waals surface area contributed by atoms with Gasteiger partial charge in [-0.15, -0.1) is 0 Å². The third kappa shape index (κ3) is 3.42. The fourth-order valence-electron chi connectivity index (χ4n) is 3.80. The van der Waals surface area contributed by atoms with E-state index in [0.29, 0.717) is 18.6 Å². The van der Waals surface area contributed by atoms with E-state index >= 15 is 0 Å². The zero-order valence-electron chi connectivity index (χ0n) is 14.6. The fourth-order valence-corrected chi connectivity index (χ4v) is 3.80. The van der Waals surface area contributed by atoms with Crippen molar-refractivity contribution in [3.63, 3.8) is 0 Å². The Morgan fingerprint density at radius 3 is 2.84 bits per heavy atom. The van der Waals surface area contributed by atoms with Crippen LogP contribution >= 0.6 is 0 Å². The molecule has 0 amide bonds. The van der Waals surface area contributed by atoms with Gasteiger partial charge >= 0.3 is 6.17 Å². The van der Waals surface area contributed by atoms with Gasteiger partial charge in [0.25, 0.3) is 0 Å². The lowest BCUT2D eigenvalue weighted by Crippen LogP contribution is -2.39. The second kappa shape index (κ2) is 6.92. The summed E-state index contributed by atoms with van der Waals surface area (Å²) in [6.07, 6.45) is 10.2. The molecule has 0 bridgehead atoms. The predicted octanol–water partition coefficient (Wildman–Crippen LogP) is 3.21. The minimum atomic E-state index is -0.0805. The summed E-state index contributed by atoms with van der Waals surface area (Å²) in [7, 11) is 0. The normalized spacial score (nSPS) is 28.1. The molecule has 25 heavy (non-hydrogen) atoms. The molecular weight excluding hydrogens is 312 g/mol. The SMILES string of the molecule is Cc1cccc(C2=CN=[N+]3C=CC(NC4CCC(CO)CC4)=NC23)c1. The van der Waals surface area contributed by atoms with E-state index in [-0.39, 0.29) is 6.17 Å². The number of hydrogen-bond acceptors (Lipinski definition) is 4. The molecule has 2 N–H and O–H groups in total. The number of fused-ring (bicyclic) bond motifs is 1. The lowest BCUT2D eigenvalue weighted by molar-refractivity contribution is -0.542. The number of rotatable bonds is 3.